The van der Waals surface area contributed by atoms with Crippen LogP contribution in [0, 0.1) is 5.92 Å². The van der Waals surface area contributed by atoms with Crippen LogP contribution in [0.5, 0.6) is 0 Å². The largest absolute Gasteiger partial charge is 0.327 e. The normalized spacial score (nSPS) is 17.4. The van der Waals surface area contributed by atoms with Crippen molar-refractivity contribution in [2.75, 3.05) is 6.26 Å². The van der Waals surface area contributed by atoms with E-state index in [1.165, 1.54) is 6.42 Å². The Morgan fingerprint density at radius 3 is 1.90 bits per heavy atom. The van der Waals surface area contributed by atoms with Crippen LogP contribution in [0.2, 0.25) is 0 Å². The van der Waals surface area contributed by atoms with Crippen LogP contribution in [0.25, 0.3) is 0 Å². The number of thioether (sulfide) groups is 1. The standard InChI is InChI=1S/C8H19NS/c1-6(2)5-8(10-4)7(3)9/h6-8H,5,9H2,1-4H3. The van der Waals surface area contributed by atoms with E-state index >= 15 is 0 Å². The molecule has 0 aromatic heterocycles. The lowest BCUT2D eigenvalue weighted by Gasteiger charge is -2.19. The van der Waals surface area contributed by atoms with Crippen molar-refractivity contribution >= 4 is 11.8 Å². The first-order valence-electron chi connectivity index (χ1n) is 3.86. The highest BCUT2D eigenvalue weighted by Crippen LogP contribution is 2.18. The summed E-state index contributed by atoms with van der Waals surface area (Å²) in [5.41, 5.74) is 5.77. The summed E-state index contributed by atoms with van der Waals surface area (Å²) in [6, 6.07) is 0.331. The summed E-state index contributed by atoms with van der Waals surface area (Å²) in [4.78, 5) is 0. The number of hydrogen-bond acceptors (Lipinski definition) is 2. The lowest BCUT2D eigenvalue weighted by atomic mass is 10.0. The molecule has 0 aliphatic rings. The first-order chi connectivity index (χ1) is 4.57. The molecule has 0 aromatic carbocycles. The minimum Gasteiger partial charge on any atom is -0.327 e. The van der Waals surface area contributed by atoms with Crippen LogP contribution in [-0.2, 0) is 0 Å². The highest BCUT2D eigenvalue weighted by molar-refractivity contribution is 7.99. The van der Waals surface area contributed by atoms with Gasteiger partial charge in [0.15, 0.2) is 0 Å². The molecule has 0 aromatic rings. The maximum atomic E-state index is 5.77. The molecule has 0 aliphatic carbocycles. The van der Waals surface area contributed by atoms with Crippen molar-refractivity contribution in [3.8, 4) is 0 Å². The van der Waals surface area contributed by atoms with Gasteiger partial charge in [-0.1, -0.05) is 13.8 Å². The molecule has 0 saturated heterocycles. The van der Waals surface area contributed by atoms with Crippen molar-refractivity contribution < 1.29 is 0 Å². The fraction of sp³-hybridized carbons (Fsp3) is 1.00. The fourth-order valence-corrected chi connectivity index (χ4v) is 2.00. The molecule has 0 spiro atoms. The molecule has 0 fully saturated rings. The molecule has 1 nitrogen and oxygen atoms in total. The van der Waals surface area contributed by atoms with Gasteiger partial charge in [-0.3, -0.25) is 0 Å². The highest BCUT2D eigenvalue weighted by Gasteiger charge is 2.12. The summed E-state index contributed by atoms with van der Waals surface area (Å²) in [6.45, 7) is 6.57. The molecule has 2 N–H and O–H groups in total. The third-order valence-corrected chi connectivity index (χ3v) is 2.82. The molecular weight excluding hydrogens is 142 g/mol. The van der Waals surface area contributed by atoms with Gasteiger partial charge in [-0.15, -0.1) is 0 Å². The Hall–Kier alpha value is 0.310. The molecule has 0 aliphatic heterocycles. The highest BCUT2D eigenvalue weighted by atomic mass is 32.2. The summed E-state index contributed by atoms with van der Waals surface area (Å²) in [7, 11) is 0. The Bertz CT molecular complexity index is 81.3. The van der Waals surface area contributed by atoms with Crippen molar-refractivity contribution in [1.82, 2.24) is 0 Å². The molecule has 2 atom stereocenters. The van der Waals surface area contributed by atoms with E-state index in [4.69, 9.17) is 5.73 Å². The van der Waals surface area contributed by atoms with Crippen LogP contribution in [0.4, 0.5) is 0 Å². The SMILES string of the molecule is CSC(CC(C)C)C(C)N. The summed E-state index contributed by atoms with van der Waals surface area (Å²) >= 11 is 1.88. The van der Waals surface area contributed by atoms with E-state index in [1.807, 2.05) is 11.8 Å². The number of nitrogens with two attached hydrogens (primary N) is 1. The molecule has 0 saturated carbocycles. The maximum absolute atomic E-state index is 5.77. The minimum atomic E-state index is 0.331. The summed E-state index contributed by atoms with van der Waals surface area (Å²) in [6.07, 6.45) is 3.37. The van der Waals surface area contributed by atoms with E-state index in [0.29, 0.717) is 11.3 Å². The molecule has 0 rings (SSSR count). The second-order valence-electron chi connectivity index (χ2n) is 3.26. The minimum absolute atomic E-state index is 0.331. The predicted molar refractivity (Wildman–Crippen MR) is 50.4 cm³/mol. The summed E-state index contributed by atoms with van der Waals surface area (Å²) in [5, 5.41) is 0.639. The molecule has 2 heteroatoms. The van der Waals surface area contributed by atoms with Gasteiger partial charge in [-0.2, -0.15) is 11.8 Å². The van der Waals surface area contributed by atoms with E-state index in [2.05, 4.69) is 27.0 Å². The van der Waals surface area contributed by atoms with E-state index in [1.54, 1.807) is 0 Å². The van der Waals surface area contributed by atoms with Crippen LogP contribution >= 0.6 is 11.8 Å². The van der Waals surface area contributed by atoms with Crippen LogP contribution < -0.4 is 5.73 Å². The molecule has 0 amide bonds. The number of rotatable bonds is 4. The fourth-order valence-electron chi connectivity index (χ4n) is 0.990. The van der Waals surface area contributed by atoms with E-state index < -0.39 is 0 Å². The Balaban J connectivity index is 3.60. The van der Waals surface area contributed by atoms with E-state index in [9.17, 15) is 0 Å². The lowest BCUT2D eigenvalue weighted by Crippen LogP contribution is -2.29. The predicted octanol–water partition coefficient (Wildman–Crippen LogP) is 2.11. The van der Waals surface area contributed by atoms with Gasteiger partial charge in [0.05, 0.1) is 0 Å². The smallest absolute Gasteiger partial charge is 0.0195 e. The summed E-state index contributed by atoms with van der Waals surface area (Å²) < 4.78 is 0. The third-order valence-electron chi connectivity index (χ3n) is 1.59. The Labute approximate surface area is 68.8 Å². The van der Waals surface area contributed by atoms with Crippen LogP contribution in [0.1, 0.15) is 27.2 Å². The molecule has 0 bridgehead atoms. The van der Waals surface area contributed by atoms with Crippen LogP contribution in [0.15, 0.2) is 0 Å². The van der Waals surface area contributed by atoms with Gasteiger partial charge in [-0.25, -0.2) is 0 Å². The van der Waals surface area contributed by atoms with Crippen LogP contribution in [-0.4, -0.2) is 17.5 Å². The van der Waals surface area contributed by atoms with Gasteiger partial charge in [-0.05, 0) is 25.5 Å². The van der Waals surface area contributed by atoms with E-state index in [0.717, 1.165) is 5.92 Å². The second-order valence-corrected chi connectivity index (χ2v) is 4.34. The average molecular weight is 161 g/mol. The van der Waals surface area contributed by atoms with Crippen molar-refractivity contribution in [1.29, 1.82) is 0 Å². The molecule has 0 radical (unpaired) electrons. The van der Waals surface area contributed by atoms with Gasteiger partial charge < -0.3 is 5.73 Å². The van der Waals surface area contributed by atoms with Crippen LogP contribution in [0.3, 0.4) is 0 Å². The Morgan fingerprint density at radius 2 is 1.80 bits per heavy atom. The molecule has 2 unspecified atom stereocenters. The van der Waals surface area contributed by atoms with Gasteiger partial charge in [0, 0.05) is 11.3 Å². The molecule has 62 valence electrons. The zero-order valence-corrected chi connectivity index (χ0v) is 8.24. The zero-order valence-electron chi connectivity index (χ0n) is 7.42. The molecule has 10 heavy (non-hydrogen) atoms. The summed E-state index contributed by atoms with van der Waals surface area (Å²) in [5.74, 6) is 0.767. The van der Waals surface area contributed by atoms with Gasteiger partial charge in [0.25, 0.3) is 0 Å². The van der Waals surface area contributed by atoms with Gasteiger partial charge in [0.2, 0.25) is 0 Å². The van der Waals surface area contributed by atoms with Crippen molar-refractivity contribution in [2.24, 2.45) is 11.7 Å². The average Bonchev–Trinajstić information content (AvgIpc) is 1.81. The van der Waals surface area contributed by atoms with Crippen molar-refractivity contribution in [3.05, 3.63) is 0 Å². The first kappa shape index (κ1) is 10.3. The quantitative estimate of drug-likeness (QED) is 0.683. The second kappa shape index (κ2) is 5.03. The lowest BCUT2D eigenvalue weighted by molar-refractivity contribution is 0.527. The Morgan fingerprint density at radius 1 is 1.30 bits per heavy atom. The van der Waals surface area contributed by atoms with Gasteiger partial charge in [0.1, 0.15) is 0 Å². The van der Waals surface area contributed by atoms with Gasteiger partial charge >= 0.3 is 0 Å². The van der Waals surface area contributed by atoms with Crippen molar-refractivity contribution in [2.45, 2.75) is 38.5 Å². The molecule has 0 heterocycles. The molecular formula is C8H19NS. The first-order valence-corrected chi connectivity index (χ1v) is 5.15. The Kier molecular flexibility index (Phi) is 5.18. The monoisotopic (exact) mass is 161 g/mol. The zero-order chi connectivity index (χ0) is 8.15. The van der Waals surface area contributed by atoms with Crippen molar-refractivity contribution in [3.63, 3.8) is 0 Å². The maximum Gasteiger partial charge on any atom is 0.0195 e. The third kappa shape index (κ3) is 4.18. The van der Waals surface area contributed by atoms with E-state index in [-0.39, 0.29) is 0 Å². The number of hydrogen-bond donors (Lipinski definition) is 1. The topological polar surface area (TPSA) is 26.0 Å².